The Balaban J connectivity index is 1.95. The number of thiazole rings is 1. The summed E-state index contributed by atoms with van der Waals surface area (Å²) >= 11 is 6.02. The lowest BCUT2D eigenvalue weighted by molar-refractivity contribution is -0.139. The van der Waals surface area contributed by atoms with Crippen LogP contribution in [0.5, 0.6) is 0 Å². The molecule has 0 radical (unpaired) electrons. The Bertz CT molecular complexity index is 1250. The predicted octanol–water partition coefficient (Wildman–Crippen LogP) is 3.22. The fourth-order valence-electron chi connectivity index (χ4n) is 3.04. The van der Waals surface area contributed by atoms with Crippen molar-refractivity contribution < 1.29 is 13.9 Å². The van der Waals surface area contributed by atoms with Crippen LogP contribution in [0.1, 0.15) is 30.5 Å². The Morgan fingerprint density at radius 3 is 2.89 bits per heavy atom. The van der Waals surface area contributed by atoms with Gasteiger partial charge in [0.05, 0.1) is 22.4 Å². The van der Waals surface area contributed by atoms with E-state index in [0.717, 1.165) is 4.88 Å². The van der Waals surface area contributed by atoms with Crippen LogP contribution in [-0.2, 0) is 9.53 Å². The maximum atomic E-state index is 13.2. The molecule has 0 saturated carbocycles. The van der Waals surface area contributed by atoms with Crippen molar-refractivity contribution in [3.8, 4) is 0 Å². The lowest BCUT2D eigenvalue weighted by Crippen LogP contribution is -2.39. The molecule has 0 spiro atoms. The molecule has 0 fully saturated rings. The van der Waals surface area contributed by atoms with E-state index >= 15 is 0 Å². The summed E-state index contributed by atoms with van der Waals surface area (Å²) < 4.78 is 13.4. The molecule has 0 aromatic carbocycles. The molecule has 0 saturated heterocycles. The van der Waals surface area contributed by atoms with Gasteiger partial charge in [0.1, 0.15) is 11.8 Å². The lowest BCUT2D eigenvalue weighted by atomic mass is 10.0. The van der Waals surface area contributed by atoms with Crippen LogP contribution in [0, 0.1) is 0 Å². The van der Waals surface area contributed by atoms with Crippen molar-refractivity contribution in [2.45, 2.75) is 19.9 Å². The molecule has 0 aliphatic carbocycles. The molecule has 4 heterocycles. The monoisotopic (exact) mass is 478 g/mol. The molecule has 4 rings (SSSR count). The maximum absolute atomic E-state index is 13.2. The third kappa shape index (κ3) is 3.34. The first-order chi connectivity index (χ1) is 13.5. The van der Waals surface area contributed by atoms with E-state index in [1.807, 2.05) is 17.5 Å². The average molecular weight is 479 g/mol. The van der Waals surface area contributed by atoms with Crippen molar-refractivity contribution in [3.05, 3.63) is 75.9 Å². The van der Waals surface area contributed by atoms with E-state index in [4.69, 9.17) is 9.15 Å². The van der Waals surface area contributed by atoms with Gasteiger partial charge in [-0.25, -0.2) is 9.79 Å². The molecule has 0 unspecified atom stereocenters. The number of hydrogen-bond acceptors (Lipinski definition) is 7. The molecule has 6 nitrogen and oxygen atoms in total. The van der Waals surface area contributed by atoms with Gasteiger partial charge in [-0.1, -0.05) is 17.4 Å². The van der Waals surface area contributed by atoms with Crippen LogP contribution in [0.25, 0.3) is 6.08 Å². The normalized spacial score (nSPS) is 16.8. The topological polar surface area (TPSA) is 73.8 Å². The van der Waals surface area contributed by atoms with E-state index in [1.165, 1.54) is 22.7 Å². The van der Waals surface area contributed by atoms with Gasteiger partial charge in [0, 0.05) is 11.0 Å². The van der Waals surface area contributed by atoms with Crippen LogP contribution in [-0.4, -0.2) is 17.1 Å². The first-order valence-electron chi connectivity index (χ1n) is 8.48. The standard InChI is InChI=1S/C19H15BrN2O4S2/c1-3-25-18(24)15-10(2)21-19-22(16(15)12-5-4-8-27-12)17(23)13(28-19)9-11-6-7-14(20)26-11/h4-9,16H,3H2,1-2H3/b13-9-/t16-/m0/s1. The number of halogens is 1. The molecule has 3 aromatic rings. The molecule has 1 aliphatic heterocycles. The summed E-state index contributed by atoms with van der Waals surface area (Å²) in [6, 6.07) is 6.79. The van der Waals surface area contributed by atoms with E-state index in [-0.39, 0.29) is 12.2 Å². The number of carbonyl (C=O) groups excluding carboxylic acids is 1. The van der Waals surface area contributed by atoms with Gasteiger partial charge in [0.25, 0.3) is 5.56 Å². The van der Waals surface area contributed by atoms with E-state index < -0.39 is 12.0 Å². The zero-order chi connectivity index (χ0) is 19.8. The zero-order valence-electron chi connectivity index (χ0n) is 15.0. The van der Waals surface area contributed by atoms with E-state index in [2.05, 4.69) is 20.9 Å². The molecule has 1 aliphatic rings. The number of ether oxygens (including phenoxy) is 1. The van der Waals surface area contributed by atoms with Crippen molar-refractivity contribution in [2.24, 2.45) is 4.99 Å². The molecule has 9 heteroatoms. The predicted molar refractivity (Wildman–Crippen MR) is 111 cm³/mol. The second kappa shape index (κ2) is 7.65. The highest BCUT2D eigenvalue weighted by molar-refractivity contribution is 9.10. The van der Waals surface area contributed by atoms with E-state index in [1.54, 1.807) is 36.6 Å². The molecular formula is C19H15BrN2O4S2. The number of aromatic nitrogens is 1. The van der Waals surface area contributed by atoms with E-state index in [0.29, 0.717) is 31.0 Å². The quantitative estimate of drug-likeness (QED) is 0.539. The zero-order valence-corrected chi connectivity index (χ0v) is 18.2. The lowest BCUT2D eigenvalue weighted by Gasteiger charge is -2.23. The second-order valence-electron chi connectivity index (χ2n) is 5.96. The molecule has 0 N–H and O–H groups in total. The van der Waals surface area contributed by atoms with Gasteiger partial charge >= 0.3 is 5.97 Å². The molecule has 3 aromatic heterocycles. The van der Waals surface area contributed by atoms with Crippen LogP contribution in [0.3, 0.4) is 0 Å². The summed E-state index contributed by atoms with van der Waals surface area (Å²) in [6.07, 6.45) is 1.68. The Morgan fingerprint density at radius 2 is 2.25 bits per heavy atom. The number of nitrogens with zero attached hydrogens (tertiary/aromatic N) is 2. The smallest absolute Gasteiger partial charge is 0.338 e. The maximum Gasteiger partial charge on any atom is 0.338 e. The number of carbonyl (C=O) groups is 1. The Labute approximate surface area is 176 Å². The van der Waals surface area contributed by atoms with Crippen molar-refractivity contribution in [1.82, 2.24) is 4.57 Å². The van der Waals surface area contributed by atoms with Gasteiger partial charge in [-0.3, -0.25) is 9.36 Å². The molecule has 0 amide bonds. The van der Waals surface area contributed by atoms with Gasteiger partial charge in [-0.2, -0.15) is 0 Å². The highest BCUT2D eigenvalue weighted by atomic mass is 79.9. The fourth-order valence-corrected chi connectivity index (χ4v) is 5.21. The number of furan rings is 1. The number of rotatable bonds is 4. The third-order valence-electron chi connectivity index (χ3n) is 4.20. The molecule has 144 valence electrons. The average Bonchev–Trinajstić information content (AvgIpc) is 3.37. The highest BCUT2D eigenvalue weighted by Crippen LogP contribution is 2.33. The summed E-state index contributed by atoms with van der Waals surface area (Å²) in [5, 5.41) is 1.92. The van der Waals surface area contributed by atoms with Crippen LogP contribution in [0.4, 0.5) is 0 Å². The Kier molecular flexibility index (Phi) is 5.22. The van der Waals surface area contributed by atoms with Crippen LogP contribution in [0.2, 0.25) is 0 Å². The van der Waals surface area contributed by atoms with Crippen molar-refractivity contribution in [1.29, 1.82) is 0 Å². The van der Waals surface area contributed by atoms with Gasteiger partial charge in [0.2, 0.25) is 0 Å². The Hall–Kier alpha value is -2.23. The minimum absolute atomic E-state index is 0.219. The van der Waals surface area contributed by atoms with Crippen LogP contribution in [0.15, 0.2) is 59.8 Å². The molecule has 28 heavy (non-hydrogen) atoms. The first-order valence-corrected chi connectivity index (χ1v) is 11.0. The number of fused-ring (bicyclic) bond motifs is 1. The minimum atomic E-state index is -0.555. The number of hydrogen-bond donors (Lipinski definition) is 0. The first kappa shape index (κ1) is 19.1. The second-order valence-corrected chi connectivity index (χ2v) is 8.73. The van der Waals surface area contributed by atoms with E-state index in [9.17, 15) is 9.59 Å². The van der Waals surface area contributed by atoms with Crippen LogP contribution < -0.4 is 14.9 Å². The molecule has 0 bridgehead atoms. The van der Waals surface area contributed by atoms with Gasteiger partial charge < -0.3 is 9.15 Å². The summed E-state index contributed by atoms with van der Waals surface area (Å²) in [4.78, 5) is 31.8. The molecular weight excluding hydrogens is 464 g/mol. The largest absolute Gasteiger partial charge is 0.463 e. The molecule has 1 atom stereocenters. The van der Waals surface area contributed by atoms with Crippen LogP contribution >= 0.6 is 38.6 Å². The third-order valence-corrected chi connectivity index (χ3v) is 6.53. The number of thiophene rings is 1. The van der Waals surface area contributed by atoms with Crippen molar-refractivity contribution in [2.75, 3.05) is 6.61 Å². The fraction of sp³-hybridized carbons (Fsp3) is 0.211. The van der Waals surface area contributed by atoms with Crippen molar-refractivity contribution in [3.63, 3.8) is 0 Å². The summed E-state index contributed by atoms with van der Waals surface area (Å²) in [6.45, 7) is 3.78. The highest BCUT2D eigenvalue weighted by Gasteiger charge is 2.33. The van der Waals surface area contributed by atoms with Gasteiger partial charge in [-0.15, -0.1) is 11.3 Å². The SMILES string of the molecule is CCOC(=O)C1=C(C)N=c2s/c(=C\c3ccc(Br)o3)c(=O)n2[C@H]1c1cccs1. The number of allylic oxidation sites excluding steroid dienone is 1. The minimum Gasteiger partial charge on any atom is -0.463 e. The van der Waals surface area contributed by atoms with Gasteiger partial charge in [-0.05, 0) is 53.4 Å². The van der Waals surface area contributed by atoms with Gasteiger partial charge in [0.15, 0.2) is 9.47 Å². The summed E-state index contributed by atoms with van der Waals surface area (Å²) in [7, 11) is 0. The summed E-state index contributed by atoms with van der Waals surface area (Å²) in [5.41, 5.74) is 0.735. The summed E-state index contributed by atoms with van der Waals surface area (Å²) in [5.74, 6) is 0.109. The van der Waals surface area contributed by atoms with Crippen molar-refractivity contribution >= 4 is 50.6 Å². The Morgan fingerprint density at radius 1 is 1.43 bits per heavy atom. The number of esters is 1.